The van der Waals surface area contributed by atoms with Gasteiger partial charge in [-0.25, -0.2) is 4.79 Å². The third kappa shape index (κ3) is 16.0. The van der Waals surface area contributed by atoms with Gasteiger partial charge in [-0.3, -0.25) is 19.2 Å². The fourth-order valence-electron chi connectivity index (χ4n) is 9.48. The SMILES string of the molecule is CO[C@@H](C[C@@H]1CC[C@@H](C)[C@](O)(C(=O)C(=O)N2CCCC[C@@H]2C(=O)O)O1)/C(C)=C/C=C/C=C/[C@@H](C)C[C@@H](C)C(=O)[C@H](OC)[C@H](O)/C(C)=C/[C@@H](C)C(=O)/C=C/[C@H](C)C[C@@H]1CC[C@@H](O)[C@H](OC)C1. The van der Waals surface area contributed by atoms with Crippen LogP contribution in [0.25, 0.3) is 0 Å². The van der Waals surface area contributed by atoms with Crippen molar-refractivity contribution in [3.8, 4) is 0 Å². The molecular formula is C51H79NO13. The molecule has 0 bridgehead atoms. The lowest BCUT2D eigenvalue weighted by Crippen LogP contribution is -2.60. The molecule has 2 aliphatic heterocycles. The van der Waals surface area contributed by atoms with Crippen molar-refractivity contribution in [1.82, 2.24) is 4.90 Å². The number of carbonyl (C=O) groups excluding carboxylic acids is 4. The molecule has 2 heterocycles. The first-order valence-electron chi connectivity index (χ1n) is 23.6. The summed E-state index contributed by atoms with van der Waals surface area (Å²) in [4.78, 5) is 66.1. The summed E-state index contributed by atoms with van der Waals surface area (Å²) in [6.07, 6.45) is 17.4. The van der Waals surface area contributed by atoms with Crippen LogP contribution in [0.15, 0.2) is 59.8 Å². The van der Waals surface area contributed by atoms with Crippen LogP contribution in [0.5, 0.6) is 0 Å². The number of rotatable bonds is 24. The lowest BCUT2D eigenvalue weighted by Gasteiger charge is -2.42. The number of carboxylic acids is 1. The van der Waals surface area contributed by atoms with Crippen LogP contribution >= 0.6 is 0 Å². The Kier molecular flexibility index (Phi) is 22.8. The molecule has 1 amide bonds. The summed E-state index contributed by atoms with van der Waals surface area (Å²) in [5, 5.41) is 42.4. The van der Waals surface area contributed by atoms with Gasteiger partial charge in [0.1, 0.15) is 18.2 Å². The minimum atomic E-state index is -2.38. The number of hydrogen-bond donors (Lipinski definition) is 4. The number of nitrogens with zero attached hydrogens (tertiary/aromatic N) is 1. The summed E-state index contributed by atoms with van der Waals surface area (Å²) in [6, 6.07) is -1.12. The molecular weight excluding hydrogens is 835 g/mol. The number of aliphatic carboxylic acids is 1. The van der Waals surface area contributed by atoms with Crippen molar-refractivity contribution in [2.75, 3.05) is 27.9 Å². The second-order valence-electron chi connectivity index (χ2n) is 19.0. The number of Topliss-reactive ketones (excluding diaryl/α,β-unsaturated/α-hetero) is 2. The zero-order valence-electron chi connectivity index (χ0n) is 40.5. The Morgan fingerprint density at radius 3 is 2.22 bits per heavy atom. The molecule has 3 fully saturated rings. The van der Waals surface area contributed by atoms with Gasteiger partial charge < -0.3 is 44.3 Å². The minimum absolute atomic E-state index is 0.0173. The van der Waals surface area contributed by atoms with Gasteiger partial charge in [0.25, 0.3) is 11.7 Å². The van der Waals surface area contributed by atoms with Crippen molar-refractivity contribution in [3.63, 3.8) is 0 Å². The Morgan fingerprint density at radius 1 is 0.862 bits per heavy atom. The highest BCUT2D eigenvalue weighted by molar-refractivity contribution is 6.39. The van der Waals surface area contributed by atoms with Crippen LogP contribution in [0.4, 0.5) is 0 Å². The standard InChI is InChI=1S/C51H79NO13/c1-31(26-35(5)45(55)47(64-10)46(56)36(6)28-34(4)41(53)23-19-32(2)27-38-21-24-42(54)44(29-38)63-9)16-12-11-13-17-33(3)43(62-8)30-39-22-20-37(7)51(61,65-39)48(57)49(58)52-25-15-14-18-40(52)50(59)60/h11-13,16-17,19,23,28,31-32,34-35,37-40,42-44,46-47,54,56,61H,14-15,18,20-22,24-27,29-30H2,1-10H3,(H,59,60)/b13-11+,16-12+,23-19+,33-17+,36-28+/t31-,32+,34-,35-,37-,38+,39+,40-,42-,43+,44-,46-,47+,51-/m1/s1. The van der Waals surface area contributed by atoms with Crippen molar-refractivity contribution in [3.05, 3.63) is 59.8 Å². The number of ether oxygens (including phenoxy) is 4. The molecule has 3 rings (SSSR count). The number of amides is 1. The van der Waals surface area contributed by atoms with Gasteiger partial charge in [0.2, 0.25) is 5.79 Å². The minimum Gasteiger partial charge on any atom is -0.480 e. The number of carbonyl (C=O) groups is 5. The summed E-state index contributed by atoms with van der Waals surface area (Å²) in [5.41, 5.74) is 1.35. The van der Waals surface area contributed by atoms with E-state index in [1.54, 1.807) is 47.1 Å². The number of aliphatic hydroxyl groups excluding tert-OH is 2. The molecule has 366 valence electrons. The predicted molar refractivity (Wildman–Crippen MR) is 247 cm³/mol. The highest BCUT2D eigenvalue weighted by Crippen LogP contribution is 2.37. The molecule has 1 aliphatic carbocycles. The molecule has 0 radical (unpaired) electrons. The van der Waals surface area contributed by atoms with E-state index in [1.165, 1.54) is 7.11 Å². The normalized spacial score (nSPS) is 29.3. The summed E-state index contributed by atoms with van der Waals surface area (Å²) < 4.78 is 22.7. The van der Waals surface area contributed by atoms with Crippen molar-refractivity contribution in [2.45, 2.75) is 168 Å². The summed E-state index contributed by atoms with van der Waals surface area (Å²) in [5.74, 6) is -7.06. The first-order valence-corrected chi connectivity index (χ1v) is 23.6. The van der Waals surface area contributed by atoms with E-state index in [0.29, 0.717) is 56.4 Å². The van der Waals surface area contributed by atoms with Crippen LogP contribution in [0.3, 0.4) is 0 Å². The van der Waals surface area contributed by atoms with Crippen molar-refractivity contribution < 1.29 is 63.3 Å². The molecule has 2 saturated heterocycles. The Morgan fingerprint density at radius 2 is 1.57 bits per heavy atom. The first-order chi connectivity index (χ1) is 30.7. The number of likely N-dealkylation sites (tertiary alicyclic amines) is 1. The molecule has 4 N–H and O–H groups in total. The average Bonchev–Trinajstić information content (AvgIpc) is 3.28. The van der Waals surface area contributed by atoms with E-state index >= 15 is 0 Å². The van der Waals surface area contributed by atoms with Crippen LogP contribution in [-0.4, -0.2) is 131 Å². The summed E-state index contributed by atoms with van der Waals surface area (Å²) in [7, 11) is 4.58. The lowest BCUT2D eigenvalue weighted by atomic mass is 9.80. The topological polar surface area (TPSA) is 206 Å². The molecule has 0 spiro atoms. The zero-order chi connectivity index (χ0) is 48.6. The molecule has 0 aromatic carbocycles. The van der Waals surface area contributed by atoms with Crippen LogP contribution < -0.4 is 0 Å². The first kappa shape index (κ1) is 55.7. The van der Waals surface area contributed by atoms with Gasteiger partial charge in [-0.1, -0.05) is 77.2 Å². The van der Waals surface area contributed by atoms with Crippen LogP contribution in [0.1, 0.15) is 119 Å². The number of aliphatic hydroxyl groups is 3. The highest BCUT2D eigenvalue weighted by Gasteiger charge is 2.52. The van der Waals surface area contributed by atoms with Crippen molar-refractivity contribution in [1.29, 1.82) is 0 Å². The number of piperidine rings is 1. The quantitative estimate of drug-likeness (QED) is 0.0353. The Hall–Kier alpha value is -3.63. The maximum Gasteiger partial charge on any atom is 0.326 e. The number of methoxy groups -OCH3 is 3. The fourth-order valence-corrected chi connectivity index (χ4v) is 9.48. The van der Waals surface area contributed by atoms with E-state index in [-0.39, 0.29) is 42.5 Å². The Labute approximate surface area is 387 Å². The predicted octanol–water partition coefficient (Wildman–Crippen LogP) is 6.51. The van der Waals surface area contributed by atoms with Crippen molar-refractivity contribution in [2.24, 2.45) is 35.5 Å². The lowest BCUT2D eigenvalue weighted by molar-refractivity contribution is -0.265. The average molecular weight is 914 g/mol. The second kappa shape index (κ2) is 26.6. The number of carboxylic acid groups (broad SMARTS) is 1. The smallest absolute Gasteiger partial charge is 0.326 e. The number of allylic oxidation sites excluding steroid dienone is 8. The number of ketones is 3. The molecule has 1 saturated carbocycles. The maximum absolute atomic E-state index is 13.5. The molecule has 65 heavy (non-hydrogen) atoms. The second-order valence-corrected chi connectivity index (χ2v) is 19.0. The summed E-state index contributed by atoms with van der Waals surface area (Å²) in [6.45, 7) is 13.0. The molecule has 0 unspecified atom stereocenters. The summed E-state index contributed by atoms with van der Waals surface area (Å²) >= 11 is 0. The Bertz CT molecular complexity index is 1750. The van der Waals surface area contributed by atoms with E-state index in [2.05, 4.69) is 6.92 Å². The van der Waals surface area contributed by atoms with Gasteiger partial charge >= 0.3 is 5.97 Å². The van der Waals surface area contributed by atoms with E-state index in [0.717, 1.165) is 29.7 Å². The van der Waals surface area contributed by atoms with Crippen LogP contribution in [-0.2, 0) is 42.9 Å². The molecule has 0 aromatic heterocycles. The van der Waals surface area contributed by atoms with Crippen LogP contribution in [0.2, 0.25) is 0 Å². The molecule has 14 atom stereocenters. The van der Waals surface area contributed by atoms with E-state index < -0.39 is 77.8 Å². The van der Waals surface area contributed by atoms with Gasteiger partial charge in [0.05, 0.1) is 24.4 Å². The van der Waals surface area contributed by atoms with E-state index in [4.69, 9.17) is 18.9 Å². The molecule has 3 aliphatic rings. The maximum atomic E-state index is 13.5. The fraction of sp³-hybridized carbons (Fsp3) is 0.706. The van der Waals surface area contributed by atoms with E-state index in [1.807, 2.05) is 57.2 Å². The van der Waals surface area contributed by atoms with Gasteiger partial charge in [-0.05, 0) is 113 Å². The van der Waals surface area contributed by atoms with Gasteiger partial charge in [0, 0.05) is 52.0 Å². The number of hydrogen-bond acceptors (Lipinski definition) is 12. The van der Waals surface area contributed by atoms with Gasteiger partial charge in [-0.15, -0.1) is 0 Å². The van der Waals surface area contributed by atoms with Gasteiger partial charge in [-0.2, -0.15) is 0 Å². The molecule has 0 aromatic rings. The molecule has 14 heteroatoms. The Balaban J connectivity index is 1.51. The third-order valence-corrected chi connectivity index (χ3v) is 13.7. The van der Waals surface area contributed by atoms with Crippen molar-refractivity contribution >= 4 is 29.2 Å². The third-order valence-electron chi connectivity index (χ3n) is 13.7. The zero-order valence-corrected chi connectivity index (χ0v) is 40.5. The largest absolute Gasteiger partial charge is 0.480 e. The van der Waals surface area contributed by atoms with E-state index in [9.17, 15) is 44.4 Å². The monoisotopic (exact) mass is 914 g/mol. The van der Waals surface area contributed by atoms with Crippen LogP contribution in [0, 0.1) is 35.5 Å². The van der Waals surface area contributed by atoms with Gasteiger partial charge in [0.15, 0.2) is 11.6 Å². The molecule has 14 nitrogen and oxygen atoms in total. The highest BCUT2D eigenvalue weighted by atomic mass is 16.6.